The van der Waals surface area contributed by atoms with Crippen LogP contribution >= 0.6 is 0 Å². The molecule has 5 nitrogen and oxygen atoms in total. The van der Waals surface area contributed by atoms with Gasteiger partial charge in [0.1, 0.15) is 5.82 Å². The van der Waals surface area contributed by atoms with Crippen LogP contribution in [0.3, 0.4) is 0 Å². The summed E-state index contributed by atoms with van der Waals surface area (Å²) < 4.78 is 4.73. The fourth-order valence-corrected chi connectivity index (χ4v) is 3.19. The Morgan fingerprint density at radius 3 is 2.46 bits per heavy atom. The molecule has 0 aliphatic carbocycles. The molecule has 3 rings (SSSR count). The largest absolute Gasteiger partial charge is 0.465 e. The minimum absolute atomic E-state index is 0.303. The van der Waals surface area contributed by atoms with Gasteiger partial charge in [-0.15, -0.1) is 0 Å². The molecule has 5 heteroatoms. The second-order valence-electron chi connectivity index (χ2n) is 6.56. The number of ether oxygens (including phenoxy) is 1. The Balaban J connectivity index is 1.53. The van der Waals surface area contributed by atoms with E-state index in [0.29, 0.717) is 5.56 Å². The number of methoxy groups -OCH3 is 1. The average molecular weight is 351 g/mol. The molecule has 0 saturated carbocycles. The van der Waals surface area contributed by atoms with Gasteiger partial charge in [0.15, 0.2) is 0 Å². The molecule has 2 heterocycles. The van der Waals surface area contributed by atoms with Crippen LogP contribution in [0, 0.1) is 0 Å². The van der Waals surface area contributed by atoms with E-state index in [0.717, 1.165) is 44.1 Å². The van der Waals surface area contributed by atoms with Crippen molar-refractivity contribution < 1.29 is 9.53 Å². The van der Waals surface area contributed by atoms with Crippen molar-refractivity contribution in [1.82, 2.24) is 9.88 Å². The van der Waals surface area contributed by atoms with Gasteiger partial charge in [0.25, 0.3) is 0 Å². The van der Waals surface area contributed by atoms with Gasteiger partial charge in [0.2, 0.25) is 0 Å². The molecule has 26 heavy (non-hydrogen) atoms. The molecular weight excluding hydrogens is 326 g/mol. The standard InChI is InChI=1S/C21H25N3O2/c1-17(15-18-6-8-19(9-7-18)21(25)26-2)16-23-11-13-24(14-12-23)20-5-3-4-10-22-20/h3-10,15H,11-14,16H2,1-2H3. The number of aromatic nitrogens is 1. The molecule has 1 aromatic carbocycles. The maximum atomic E-state index is 11.5. The number of benzene rings is 1. The number of esters is 1. The van der Waals surface area contributed by atoms with Crippen LogP contribution in [-0.4, -0.2) is 55.7 Å². The minimum atomic E-state index is -0.303. The van der Waals surface area contributed by atoms with Gasteiger partial charge < -0.3 is 9.64 Å². The maximum Gasteiger partial charge on any atom is 0.337 e. The summed E-state index contributed by atoms with van der Waals surface area (Å²) in [6.07, 6.45) is 4.02. The monoisotopic (exact) mass is 351 g/mol. The molecule has 0 atom stereocenters. The van der Waals surface area contributed by atoms with E-state index >= 15 is 0 Å². The fourth-order valence-electron chi connectivity index (χ4n) is 3.19. The Morgan fingerprint density at radius 1 is 1.12 bits per heavy atom. The number of hydrogen-bond acceptors (Lipinski definition) is 5. The zero-order valence-electron chi connectivity index (χ0n) is 15.4. The summed E-state index contributed by atoms with van der Waals surface area (Å²) in [6, 6.07) is 13.6. The van der Waals surface area contributed by atoms with Crippen molar-refractivity contribution in [2.45, 2.75) is 6.92 Å². The quantitative estimate of drug-likeness (QED) is 0.775. The number of carbonyl (C=O) groups excluding carboxylic acids is 1. The molecule has 0 radical (unpaired) electrons. The lowest BCUT2D eigenvalue weighted by atomic mass is 10.1. The predicted octanol–water partition coefficient (Wildman–Crippen LogP) is 3.09. The summed E-state index contributed by atoms with van der Waals surface area (Å²) in [5.74, 6) is 0.758. The van der Waals surface area contributed by atoms with Gasteiger partial charge in [-0.1, -0.05) is 29.8 Å². The van der Waals surface area contributed by atoms with Crippen molar-refractivity contribution in [2.24, 2.45) is 0 Å². The van der Waals surface area contributed by atoms with Crippen molar-refractivity contribution >= 4 is 17.9 Å². The lowest BCUT2D eigenvalue weighted by Crippen LogP contribution is -2.47. The van der Waals surface area contributed by atoms with E-state index in [2.05, 4.69) is 33.8 Å². The summed E-state index contributed by atoms with van der Waals surface area (Å²) in [6.45, 7) is 7.16. The Kier molecular flexibility index (Phi) is 6.02. The molecular formula is C21H25N3O2. The molecule has 1 aromatic heterocycles. The first-order valence-corrected chi connectivity index (χ1v) is 8.89. The van der Waals surface area contributed by atoms with Crippen molar-refractivity contribution in [2.75, 3.05) is 44.7 Å². The average Bonchev–Trinajstić information content (AvgIpc) is 2.69. The normalized spacial score (nSPS) is 15.8. The molecule has 136 valence electrons. The first-order valence-electron chi connectivity index (χ1n) is 8.89. The zero-order valence-corrected chi connectivity index (χ0v) is 15.4. The molecule has 0 N–H and O–H groups in total. The van der Waals surface area contributed by atoms with E-state index in [9.17, 15) is 4.79 Å². The molecule has 0 spiro atoms. The zero-order chi connectivity index (χ0) is 18.4. The summed E-state index contributed by atoms with van der Waals surface area (Å²) >= 11 is 0. The molecule has 2 aromatic rings. The van der Waals surface area contributed by atoms with Crippen LogP contribution in [0.1, 0.15) is 22.8 Å². The van der Waals surface area contributed by atoms with Crippen molar-refractivity contribution in [3.8, 4) is 0 Å². The first kappa shape index (κ1) is 18.1. The summed E-state index contributed by atoms with van der Waals surface area (Å²) in [4.78, 5) is 20.7. The number of carbonyl (C=O) groups is 1. The molecule has 1 aliphatic rings. The molecule has 1 aliphatic heterocycles. The topological polar surface area (TPSA) is 45.7 Å². The second kappa shape index (κ2) is 8.63. The number of rotatable bonds is 5. The third-order valence-electron chi connectivity index (χ3n) is 4.56. The highest BCUT2D eigenvalue weighted by molar-refractivity contribution is 5.89. The summed E-state index contributed by atoms with van der Waals surface area (Å²) in [5, 5.41) is 0. The highest BCUT2D eigenvalue weighted by atomic mass is 16.5. The van der Waals surface area contributed by atoms with Gasteiger partial charge in [-0.3, -0.25) is 4.90 Å². The van der Waals surface area contributed by atoms with Gasteiger partial charge in [-0.2, -0.15) is 0 Å². The molecule has 0 bridgehead atoms. The number of piperazine rings is 1. The van der Waals surface area contributed by atoms with Gasteiger partial charge in [-0.05, 0) is 36.8 Å². The van der Waals surface area contributed by atoms with E-state index < -0.39 is 0 Å². The van der Waals surface area contributed by atoms with Crippen LogP contribution in [-0.2, 0) is 4.74 Å². The highest BCUT2D eigenvalue weighted by Gasteiger charge is 2.17. The minimum Gasteiger partial charge on any atom is -0.465 e. The first-order chi connectivity index (χ1) is 12.7. The smallest absolute Gasteiger partial charge is 0.337 e. The Hall–Kier alpha value is -2.66. The summed E-state index contributed by atoms with van der Waals surface area (Å²) in [7, 11) is 1.40. The Morgan fingerprint density at radius 2 is 1.85 bits per heavy atom. The van der Waals surface area contributed by atoms with Gasteiger partial charge in [0.05, 0.1) is 12.7 Å². The van der Waals surface area contributed by atoms with Crippen LogP contribution < -0.4 is 4.90 Å². The predicted molar refractivity (Wildman–Crippen MR) is 104 cm³/mol. The SMILES string of the molecule is COC(=O)c1ccc(C=C(C)CN2CCN(c3ccccn3)CC2)cc1. The van der Waals surface area contributed by atoms with Gasteiger partial charge >= 0.3 is 5.97 Å². The van der Waals surface area contributed by atoms with Gasteiger partial charge in [-0.25, -0.2) is 9.78 Å². The third kappa shape index (κ3) is 4.70. The molecule has 0 amide bonds. The Bertz CT molecular complexity index is 749. The fraction of sp³-hybridized carbons (Fsp3) is 0.333. The molecule has 1 fully saturated rings. The number of pyridine rings is 1. The summed E-state index contributed by atoms with van der Waals surface area (Å²) in [5.41, 5.74) is 2.98. The van der Waals surface area contributed by atoms with Crippen LogP contribution in [0.25, 0.3) is 6.08 Å². The van der Waals surface area contributed by atoms with Crippen LogP contribution in [0.15, 0.2) is 54.2 Å². The van der Waals surface area contributed by atoms with Crippen LogP contribution in [0.5, 0.6) is 0 Å². The second-order valence-corrected chi connectivity index (χ2v) is 6.56. The van der Waals surface area contributed by atoms with E-state index in [1.54, 1.807) is 12.1 Å². The van der Waals surface area contributed by atoms with E-state index in [1.165, 1.54) is 12.7 Å². The van der Waals surface area contributed by atoms with Crippen LogP contribution in [0.2, 0.25) is 0 Å². The number of hydrogen-bond donors (Lipinski definition) is 0. The van der Waals surface area contributed by atoms with E-state index in [1.807, 2.05) is 30.5 Å². The third-order valence-corrected chi connectivity index (χ3v) is 4.56. The lowest BCUT2D eigenvalue weighted by Gasteiger charge is -2.35. The van der Waals surface area contributed by atoms with Crippen molar-refractivity contribution in [1.29, 1.82) is 0 Å². The van der Waals surface area contributed by atoms with Gasteiger partial charge in [0, 0.05) is 38.9 Å². The number of anilines is 1. The van der Waals surface area contributed by atoms with Crippen molar-refractivity contribution in [3.05, 3.63) is 65.4 Å². The van der Waals surface area contributed by atoms with E-state index in [4.69, 9.17) is 4.74 Å². The lowest BCUT2D eigenvalue weighted by molar-refractivity contribution is 0.0600. The maximum absolute atomic E-state index is 11.5. The van der Waals surface area contributed by atoms with Crippen LogP contribution in [0.4, 0.5) is 5.82 Å². The highest BCUT2D eigenvalue weighted by Crippen LogP contribution is 2.15. The molecule has 0 unspecified atom stereocenters. The van der Waals surface area contributed by atoms with Crippen molar-refractivity contribution in [3.63, 3.8) is 0 Å². The Labute approximate surface area is 154 Å². The van der Waals surface area contributed by atoms with E-state index in [-0.39, 0.29) is 5.97 Å². The molecule has 1 saturated heterocycles. The number of nitrogens with zero attached hydrogens (tertiary/aromatic N) is 3.